The Morgan fingerprint density at radius 3 is 3.00 bits per heavy atom. The molecule has 0 aliphatic carbocycles. The molecule has 0 saturated heterocycles. The number of fused-ring (bicyclic) bond motifs is 1. The van der Waals surface area contributed by atoms with E-state index in [1.165, 1.54) is 0 Å². The van der Waals surface area contributed by atoms with Crippen LogP contribution in [0, 0.1) is 0 Å². The average Bonchev–Trinajstić information content (AvgIpc) is 2.18. The lowest BCUT2D eigenvalue weighted by molar-refractivity contribution is 0.328. The molecule has 0 unspecified atom stereocenters. The molecule has 3 nitrogen and oxygen atoms in total. The maximum Gasteiger partial charge on any atom is 0.213 e. The molecule has 0 fully saturated rings. The van der Waals surface area contributed by atoms with Crippen molar-refractivity contribution < 1.29 is 4.74 Å². The van der Waals surface area contributed by atoms with Crippen LogP contribution in [-0.2, 0) is 0 Å². The smallest absolute Gasteiger partial charge is 0.213 e. The van der Waals surface area contributed by atoms with Crippen molar-refractivity contribution in [2.45, 2.75) is 6.92 Å². The zero-order chi connectivity index (χ0) is 9.10. The van der Waals surface area contributed by atoms with E-state index in [0.29, 0.717) is 12.5 Å². The highest BCUT2D eigenvalue weighted by Crippen LogP contribution is 2.13. The number of nitrogens with zero attached hydrogens (tertiary/aromatic N) is 2. The highest BCUT2D eigenvalue weighted by atomic mass is 16.5. The Morgan fingerprint density at radius 2 is 2.15 bits per heavy atom. The molecule has 0 atom stereocenters. The number of rotatable bonds is 2. The standard InChI is InChI=1S/C10H10N2O/c1-2-13-10-6-5-8-9(12-10)4-3-7-11-8/h3-7H,2H2,1H3. The Morgan fingerprint density at radius 1 is 1.23 bits per heavy atom. The van der Waals surface area contributed by atoms with Crippen LogP contribution >= 0.6 is 0 Å². The lowest BCUT2D eigenvalue weighted by atomic mass is 10.3. The van der Waals surface area contributed by atoms with Gasteiger partial charge in [0.1, 0.15) is 0 Å². The SMILES string of the molecule is CCOc1ccc2ncccc2n1. The summed E-state index contributed by atoms with van der Waals surface area (Å²) in [6.07, 6.45) is 1.75. The lowest BCUT2D eigenvalue weighted by Gasteiger charge is -2.01. The predicted molar refractivity (Wildman–Crippen MR) is 50.7 cm³/mol. The molecule has 0 amide bonds. The molecule has 13 heavy (non-hydrogen) atoms. The molecule has 0 radical (unpaired) electrons. The van der Waals surface area contributed by atoms with Gasteiger partial charge in [-0.05, 0) is 25.1 Å². The normalized spacial score (nSPS) is 10.2. The topological polar surface area (TPSA) is 35.0 Å². The molecule has 0 saturated carbocycles. The van der Waals surface area contributed by atoms with Crippen LogP contribution in [-0.4, -0.2) is 16.6 Å². The number of hydrogen-bond acceptors (Lipinski definition) is 3. The third-order valence-corrected chi connectivity index (χ3v) is 1.72. The zero-order valence-electron chi connectivity index (χ0n) is 7.40. The molecule has 66 valence electrons. The third kappa shape index (κ3) is 1.59. The second-order valence-electron chi connectivity index (χ2n) is 2.62. The van der Waals surface area contributed by atoms with Gasteiger partial charge in [-0.2, -0.15) is 0 Å². The van der Waals surface area contributed by atoms with Crippen molar-refractivity contribution >= 4 is 11.0 Å². The molecular formula is C10H10N2O. The summed E-state index contributed by atoms with van der Waals surface area (Å²) in [6, 6.07) is 7.53. The molecule has 0 bridgehead atoms. The van der Waals surface area contributed by atoms with Crippen molar-refractivity contribution in [2.75, 3.05) is 6.61 Å². The summed E-state index contributed by atoms with van der Waals surface area (Å²) >= 11 is 0. The second kappa shape index (κ2) is 3.39. The van der Waals surface area contributed by atoms with Gasteiger partial charge >= 0.3 is 0 Å². The van der Waals surface area contributed by atoms with Gasteiger partial charge in [0, 0.05) is 12.3 Å². The van der Waals surface area contributed by atoms with Gasteiger partial charge in [-0.3, -0.25) is 4.98 Å². The van der Waals surface area contributed by atoms with Crippen molar-refractivity contribution in [1.82, 2.24) is 9.97 Å². The van der Waals surface area contributed by atoms with Crippen LogP contribution in [0.4, 0.5) is 0 Å². The fraction of sp³-hybridized carbons (Fsp3) is 0.200. The molecule has 0 N–H and O–H groups in total. The monoisotopic (exact) mass is 174 g/mol. The Balaban J connectivity index is 2.49. The van der Waals surface area contributed by atoms with E-state index in [9.17, 15) is 0 Å². The zero-order valence-corrected chi connectivity index (χ0v) is 7.40. The minimum Gasteiger partial charge on any atom is -0.478 e. The van der Waals surface area contributed by atoms with Crippen LogP contribution < -0.4 is 4.74 Å². The first kappa shape index (κ1) is 7.98. The van der Waals surface area contributed by atoms with Gasteiger partial charge in [-0.1, -0.05) is 0 Å². The Hall–Kier alpha value is -1.64. The van der Waals surface area contributed by atoms with E-state index in [4.69, 9.17) is 4.74 Å². The van der Waals surface area contributed by atoms with Crippen LogP contribution in [0.1, 0.15) is 6.92 Å². The molecule has 2 aromatic rings. The van der Waals surface area contributed by atoms with Crippen molar-refractivity contribution in [3.8, 4) is 5.88 Å². The van der Waals surface area contributed by atoms with E-state index in [1.807, 2.05) is 31.2 Å². The number of hydrogen-bond donors (Lipinski definition) is 0. The summed E-state index contributed by atoms with van der Waals surface area (Å²) < 4.78 is 5.28. The maximum absolute atomic E-state index is 5.28. The molecule has 0 spiro atoms. The van der Waals surface area contributed by atoms with E-state index in [-0.39, 0.29) is 0 Å². The van der Waals surface area contributed by atoms with E-state index in [1.54, 1.807) is 6.20 Å². The maximum atomic E-state index is 5.28. The third-order valence-electron chi connectivity index (χ3n) is 1.72. The van der Waals surface area contributed by atoms with Gasteiger partial charge < -0.3 is 4.74 Å². The van der Waals surface area contributed by atoms with Crippen LogP contribution in [0.15, 0.2) is 30.5 Å². The van der Waals surface area contributed by atoms with Gasteiger partial charge in [0.2, 0.25) is 5.88 Å². The summed E-state index contributed by atoms with van der Waals surface area (Å²) in [4.78, 5) is 8.44. The summed E-state index contributed by atoms with van der Waals surface area (Å²) in [5.41, 5.74) is 1.76. The Bertz CT molecular complexity index is 414. The number of ether oxygens (including phenoxy) is 1. The first-order valence-corrected chi connectivity index (χ1v) is 4.24. The fourth-order valence-electron chi connectivity index (χ4n) is 1.17. The highest BCUT2D eigenvalue weighted by Gasteiger charge is 1.97. The number of aromatic nitrogens is 2. The predicted octanol–water partition coefficient (Wildman–Crippen LogP) is 2.03. The summed E-state index contributed by atoms with van der Waals surface area (Å²) in [5.74, 6) is 0.656. The van der Waals surface area contributed by atoms with Gasteiger partial charge in [-0.25, -0.2) is 4.98 Å². The van der Waals surface area contributed by atoms with E-state index in [0.717, 1.165) is 11.0 Å². The molecule has 2 rings (SSSR count). The van der Waals surface area contributed by atoms with E-state index >= 15 is 0 Å². The lowest BCUT2D eigenvalue weighted by Crippen LogP contribution is -1.94. The highest BCUT2D eigenvalue weighted by molar-refractivity contribution is 5.74. The van der Waals surface area contributed by atoms with Gasteiger partial charge in [0.25, 0.3) is 0 Å². The van der Waals surface area contributed by atoms with E-state index in [2.05, 4.69) is 9.97 Å². The summed E-state index contributed by atoms with van der Waals surface area (Å²) in [5, 5.41) is 0. The van der Waals surface area contributed by atoms with Crippen LogP contribution in [0.3, 0.4) is 0 Å². The molecule has 0 aliphatic rings. The van der Waals surface area contributed by atoms with Crippen molar-refractivity contribution in [1.29, 1.82) is 0 Å². The Kier molecular flexibility index (Phi) is 2.08. The van der Waals surface area contributed by atoms with Crippen molar-refractivity contribution in [3.05, 3.63) is 30.5 Å². The first-order chi connectivity index (χ1) is 6.40. The van der Waals surface area contributed by atoms with Crippen LogP contribution in [0.25, 0.3) is 11.0 Å². The van der Waals surface area contributed by atoms with Gasteiger partial charge in [0.05, 0.1) is 17.6 Å². The van der Waals surface area contributed by atoms with E-state index < -0.39 is 0 Å². The Labute approximate surface area is 76.4 Å². The van der Waals surface area contributed by atoms with Gasteiger partial charge in [-0.15, -0.1) is 0 Å². The first-order valence-electron chi connectivity index (χ1n) is 4.24. The minimum atomic E-state index is 0.638. The summed E-state index contributed by atoms with van der Waals surface area (Å²) in [6.45, 7) is 2.58. The average molecular weight is 174 g/mol. The molecule has 3 heteroatoms. The summed E-state index contributed by atoms with van der Waals surface area (Å²) in [7, 11) is 0. The van der Waals surface area contributed by atoms with Crippen molar-refractivity contribution in [3.63, 3.8) is 0 Å². The molecule has 0 aromatic carbocycles. The van der Waals surface area contributed by atoms with Crippen LogP contribution in [0.2, 0.25) is 0 Å². The second-order valence-corrected chi connectivity index (χ2v) is 2.62. The minimum absolute atomic E-state index is 0.638. The molecule has 0 aliphatic heterocycles. The molecule has 2 aromatic heterocycles. The number of pyridine rings is 2. The fourth-order valence-corrected chi connectivity index (χ4v) is 1.17. The molecular weight excluding hydrogens is 164 g/mol. The quantitative estimate of drug-likeness (QED) is 0.698. The van der Waals surface area contributed by atoms with Gasteiger partial charge in [0.15, 0.2) is 0 Å². The van der Waals surface area contributed by atoms with Crippen LogP contribution in [0.5, 0.6) is 5.88 Å². The molecule has 2 heterocycles. The van der Waals surface area contributed by atoms with Crippen molar-refractivity contribution in [2.24, 2.45) is 0 Å². The largest absolute Gasteiger partial charge is 0.478 e.